The second-order valence-corrected chi connectivity index (χ2v) is 5.94. The van der Waals surface area contributed by atoms with Gasteiger partial charge in [-0.05, 0) is 29.8 Å². The van der Waals surface area contributed by atoms with E-state index in [1.165, 1.54) is 0 Å². The van der Waals surface area contributed by atoms with E-state index in [2.05, 4.69) is 10.5 Å². The highest BCUT2D eigenvalue weighted by Crippen LogP contribution is 2.36. The Kier molecular flexibility index (Phi) is 3.96. The molecule has 0 fully saturated rings. The lowest BCUT2D eigenvalue weighted by Crippen LogP contribution is -1.93. The van der Waals surface area contributed by atoms with E-state index >= 15 is 0 Å². The minimum Gasteiger partial charge on any atom is -0.354 e. The number of halogens is 1. The number of hydrogen-bond donors (Lipinski definition) is 1. The monoisotopic (exact) mass is 348 g/mol. The van der Waals surface area contributed by atoms with Crippen LogP contribution in [0.1, 0.15) is 10.4 Å². The molecule has 3 aromatic carbocycles. The zero-order valence-corrected chi connectivity index (χ0v) is 13.8. The first-order valence-electron chi connectivity index (χ1n) is 7.72. The Morgan fingerprint density at radius 2 is 1.84 bits per heavy atom. The average molecular weight is 349 g/mol. The number of rotatable bonds is 4. The molecule has 0 bridgehead atoms. The molecule has 0 aliphatic heterocycles. The summed E-state index contributed by atoms with van der Waals surface area (Å²) in [5, 5.41) is 8.57. The molecule has 0 spiro atoms. The minimum absolute atomic E-state index is 0.519. The van der Waals surface area contributed by atoms with Crippen LogP contribution in [0.15, 0.2) is 71.3 Å². The van der Waals surface area contributed by atoms with Crippen LogP contribution in [-0.2, 0) is 0 Å². The third-order valence-corrected chi connectivity index (χ3v) is 4.37. The van der Waals surface area contributed by atoms with Crippen LogP contribution in [0, 0.1) is 0 Å². The minimum atomic E-state index is 0.519. The maximum Gasteiger partial charge on any atom is 0.181 e. The number of anilines is 2. The first-order valence-corrected chi connectivity index (χ1v) is 8.09. The number of aromatic nitrogens is 1. The molecule has 5 heteroatoms. The Labute approximate surface area is 149 Å². The summed E-state index contributed by atoms with van der Waals surface area (Å²) in [5.74, 6) is 0.519. The fraction of sp³-hybridized carbons (Fsp3) is 0. The standard InChI is InChI=1S/C20H13ClN2O2/c21-19-15(14-5-2-1-3-6-14)7-4-8-17(19)22-20-16-11-13(12-24)9-10-18(16)25-23-20/h1-12H,(H,22,23). The van der Waals surface area contributed by atoms with Crippen molar-refractivity contribution in [2.24, 2.45) is 0 Å². The van der Waals surface area contributed by atoms with Crippen LogP contribution in [0.25, 0.3) is 22.1 Å². The van der Waals surface area contributed by atoms with Crippen molar-refractivity contribution in [2.75, 3.05) is 5.32 Å². The number of carbonyl (C=O) groups is 1. The lowest BCUT2D eigenvalue weighted by atomic mass is 10.0. The first-order chi connectivity index (χ1) is 12.3. The van der Waals surface area contributed by atoms with Crippen LogP contribution in [0.3, 0.4) is 0 Å². The van der Waals surface area contributed by atoms with Crippen LogP contribution in [0.4, 0.5) is 11.5 Å². The molecule has 1 N–H and O–H groups in total. The van der Waals surface area contributed by atoms with Gasteiger partial charge < -0.3 is 9.84 Å². The molecule has 0 saturated heterocycles. The zero-order valence-electron chi connectivity index (χ0n) is 13.1. The molecule has 1 aromatic heterocycles. The number of carbonyl (C=O) groups excluding carboxylic acids is 1. The van der Waals surface area contributed by atoms with E-state index in [9.17, 15) is 4.79 Å². The van der Waals surface area contributed by atoms with Gasteiger partial charge in [0.15, 0.2) is 11.4 Å². The molecular weight excluding hydrogens is 336 g/mol. The number of hydrogen-bond acceptors (Lipinski definition) is 4. The zero-order chi connectivity index (χ0) is 17.2. The van der Waals surface area contributed by atoms with Crippen molar-refractivity contribution in [1.29, 1.82) is 0 Å². The third-order valence-electron chi connectivity index (χ3n) is 3.97. The molecule has 0 radical (unpaired) electrons. The van der Waals surface area contributed by atoms with Crippen LogP contribution >= 0.6 is 11.6 Å². The van der Waals surface area contributed by atoms with Gasteiger partial charge in [0.25, 0.3) is 0 Å². The Bertz CT molecular complexity index is 1060. The molecule has 4 nitrogen and oxygen atoms in total. The van der Waals surface area contributed by atoms with Crippen LogP contribution in [-0.4, -0.2) is 11.4 Å². The van der Waals surface area contributed by atoms with Crippen molar-refractivity contribution in [3.8, 4) is 11.1 Å². The lowest BCUT2D eigenvalue weighted by Gasteiger charge is -2.10. The van der Waals surface area contributed by atoms with Gasteiger partial charge in [-0.25, -0.2) is 0 Å². The van der Waals surface area contributed by atoms with E-state index in [4.69, 9.17) is 16.1 Å². The third kappa shape index (κ3) is 2.88. The second-order valence-electron chi connectivity index (χ2n) is 5.56. The predicted molar refractivity (Wildman–Crippen MR) is 99.6 cm³/mol. The topological polar surface area (TPSA) is 55.1 Å². The van der Waals surface area contributed by atoms with Gasteiger partial charge in [-0.3, -0.25) is 4.79 Å². The molecular formula is C20H13ClN2O2. The summed E-state index contributed by atoms with van der Waals surface area (Å²) >= 11 is 6.59. The molecule has 0 atom stereocenters. The largest absolute Gasteiger partial charge is 0.354 e. The molecule has 4 aromatic rings. The summed E-state index contributed by atoms with van der Waals surface area (Å²) in [6.07, 6.45) is 0.791. The fourth-order valence-corrected chi connectivity index (χ4v) is 3.00. The Balaban J connectivity index is 1.76. The van der Waals surface area contributed by atoms with E-state index in [1.54, 1.807) is 18.2 Å². The second kappa shape index (κ2) is 6.42. The smallest absolute Gasteiger partial charge is 0.181 e. The Hall–Kier alpha value is -3.11. The maximum absolute atomic E-state index is 11.0. The molecule has 0 aliphatic carbocycles. The quantitative estimate of drug-likeness (QED) is 0.480. The van der Waals surface area contributed by atoms with E-state index < -0.39 is 0 Å². The predicted octanol–water partition coefficient (Wildman–Crippen LogP) is 5.70. The van der Waals surface area contributed by atoms with Gasteiger partial charge in [0.05, 0.1) is 16.1 Å². The van der Waals surface area contributed by atoms with Gasteiger partial charge in [0.2, 0.25) is 0 Å². The van der Waals surface area contributed by atoms with Crippen molar-refractivity contribution in [2.45, 2.75) is 0 Å². The summed E-state index contributed by atoms with van der Waals surface area (Å²) in [4.78, 5) is 11.0. The highest BCUT2D eigenvalue weighted by molar-refractivity contribution is 6.36. The molecule has 0 saturated carbocycles. The van der Waals surface area contributed by atoms with Crippen molar-refractivity contribution in [3.05, 3.63) is 77.3 Å². The van der Waals surface area contributed by atoms with Gasteiger partial charge in [0, 0.05) is 11.1 Å². The summed E-state index contributed by atoms with van der Waals surface area (Å²) < 4.78 is 5.30. The van der Waals surface area contributed by atoms with E-state index in [0.29, 0.717) is 22.0 Å². The highest BCUT2D eigenvalue weighted by Gasteiger charge is 2.13. The number of fused-ring (bicyclic) bond motifs is 1. The van der Waals surface area contributed by atoms with Crippen molar-refractivity contribution in [3.63, 3.8) is 0 Å². The molecule has 25 heavy (non-hydrogen) atoms. The number of nitrogens with zero attached hydrogens (tertiary/aromatic N) is 1. The normalized spacial score (nSPS) is 10.8. The number of nitrogens with one attached hydrogen (secondary N) is 1. The molecule has 1 heterocycles. The molecule has 122 valence electrons. The van der Waals surface area contributed by atoms with Gasteiger partial charge in [0.1, 0.15) is 6.29 Å². The fourth-order valence-electron chi connectivity index (χ4n) is 2.72. The van der Waals surface area contributed by atoms with Crippen LogP contribution in [0.2, 0.25) is 5.02 Å². The average Bonchev–Trinajstić information content (AvgIpc) is 3.06. The van der Waals surface area contributed by atoms with Gasteiger partial charge >= 0.3 is 0 Å². The van der Waals surface area contributed by atoms with E-state index in [1.807, 2.05) is 48.5 Å². The molecule has 4 rings (SSSR count). The van der Waals surface area contributed by atoms with Gasteiger partial charge in [-0.2, -0.15) is 0 Å². The Morgan fingerprint density at radius 3 is 2.64 bits per heavy atom. The number of benzene rings is 3. The van der Waals surface area contributed by atoms with Crippen LogP contribution in [0.5, 0.6) is 0 Å². The molecule has 0 unspecified atom stereocenters. The van der Waals surface area contributed by atoms with Crippen molar-refractivity contribution < 1.29 is 9.32 Å². The summed E-state index contributed by atoms with van der Waals surface area (Å²) in [6, 6.07) is 20.8. The molecule has 0 aliphatic rings. The summed E-state index contributed by atoms with van der Waals surface area (Å²) in [5.41, 5.74) is 3.83. The first kappa shape index (κ1) is 15.4. The van der Waals surface area contributed by atoms with Gasteiger partial charge in [-0.1, -0.05) is 59.2 Å². The molecule has 0 amide bonds. The van der Waals surface area contributed by atoms with E-state index in [0.717, 1.165) is 28.5 Å². The Morgan fingerprint density at radius 1 is 1.00 bits per heavy atom. The maximum atomic E-state index is 11.0. The van der Waals surface area contributed by atoms with Crippen LogP contribution < -0.4 is 5.32 Å². The summed E-state index contributed by atoms with van der Waals surface area (Å²) in [6.45, 7) is 0. The highest BCUT2D eigenvalue weighted by atomic mass is 35.5. The summed E-state index contributed by atoms with van der Waals surface area (Å²) in [7, 11) is 0. The van der Waals surface area contributed by atoms with Crippen molar-refractivity contribution >= 4 is 40.4 Å². The van der Waals surface area contributed by atoms with E-state index in [-0.39, 0.29) is 0 Å². The number of aldehydes is 1. The van der Waals surface area contributed by atoms with Gasteiger partial charge in [-0.15, -0.1) is 0 Å². The SMILES string of the molecule is O=Cc1ccc2onc(Nc3cccc(-c4ccccc4)c3Cl)c2c1. The van der Waals surface area contributed by atoms with Crippen molar-refractivity contribution in [1.82, 2.24) is 5.16 Å². The lowest BCUT2D eigenvalue weighted by molar-refractivity contribution is 0.112.